The molecule has 0 bridgehead atoms. The third-order valence-electron chi connectivity index (χ3n) is 3.59. The highest BCUT2D eigenvalue weighted by atomic mass is 32.2. The quantitative estimate of drug-likeness (QED) is 0.719. The van der Waals surface area contributed by atoms with Crippen LogP contribution in [0.2, 0.25) is 0 Å². The van der Waals surface area contributed by atoms with Crippen molar-refractivity contribution < 1.29 is 9.53 Å². The average Bonchev–Trinajstić information content (AvgIpc) is 2.88. The number of aromatic nitrogens is 4. The van der Waals surface area contributed by atoms with Gasteiger partial charge in [-0.25, -0.2) is 14.6 Å². The summed E-state index contributed by atoms with van der Waals surface area (Å²) in [6, 6.07) is 0. The normalized spacial score (nSPS) is 14.2. The first-order chi connectivity index (χ1) is 10.9. The number of carbonyl (C=O) groups is 1. The first-order valence-electron chi connectivity index (χ1n) is 6.86. The van der Waals surface area contributed by atoms with Gasteiger partial charge in [0.05, 0.1) is 18.8 Å². The van der Waals surface area contributed by atoms with Gasteiger partial charge in [0.2, 0.25) is 0 Å². The molecule has 122 valence electrons. The highest BCUT2D eigenvalue weighted by molar-refractivity contribution is 8.03. The summed E-state index contributed by atoms with van der Waals surface area (Å²) in [4.78, 5) is 40.9. The number of carbonyl (C=O) groups excluding carboxylic acids is 1. The summed E-state index contributed by atoms with van der Waals surface area (Å²) in [5.41, 5.74) is 5.90. The Morgan fingerprint density at radius 3 is 2.70 bits per heavy atom. The van der Waals surface area contributed by atoms with Gasteiger partial charge in [-0.1, -0.05) is 0 Å². The first kappa shape index (κ1) is 15.4. The van der Waals surface area contributed by atoms with Crippen molar-refractivity contribution >= 4 is 28.9 Å². The van der Waals surface area contributed by atoms with Crippen molar-refractivity contribution in [3.8, 4) is 0 Å². The molecule has 0 saturated heterocycles. The standard InChI is InChI=1S/C13H15N5O4S/c1-4-22-11(20)8-6(14)5-18-7-9(15-12(18)23-8)16(2)13(21)17(3)10(7)19/h4-5,14H2,1-3H3. The maximum Gasteiger partial charge on any atom is 0.346 e. The minimum Gasteiger partial charge on any atom is -0.462 e. The number of allylic oxidation sites excluding steroid dienone is 1. The minimum absolute atomic E-state index is 0.139. The van der Waals surface area contributed by atoms with E-state index in [4.69, 9.17) is 10.5 Å². The monoisotopic (exact) mass is 337 g/mol. The van der Waals surface area contributed by atoms with Gasteiger partial charge in [0.15, 0.2) is 16.3 Å². The van der Waals surface area contributed by atoms with Gasteiger partial charge in [0.25, 0.3) is 5.56 Å². The number of nitrogens with two attached hydrogens (primary N) is 1. The van der Waals surface area contributed by atoms with Gasteiger partial charge in [0.1, 0.15) is 4.91 Å². The molecule has 10 heteroatoms. The largest absolute Gasteiger partial charge is 0.462 e. The second-order valence-corrected chi connectivity index (χ2v) is 6.01. The summed E-state index contributed by atoms with van der Waals surface area (Å²) in [6.07, 6.45) is 0. The van der Waals surface area contributed by atoms with E-state index in [-0.39, 0.29) is 29.2 Å². The molecule has 0 fully saturated rings. The van der Waals surface area contributed by atoms with Crippen molar-refractivity contribution in [1.29, 1.82) is 0 Å². The van der Waals surface area contributed by atoms with Crippen molar-refractivity contribution in [2.75, 3.05) is 6.61 Å². The van der Waals surface area contributed by atoms with E-state index in [2.05, 4.69) is 4.98 Å². The summed E-state index contributed by atoms with van der Waals surface area (Å²) in [5.74, 6) is -0.518. The SMILES string of the molecule is CCOC(=O)C1=C(N)Cn2c(nc3c2c(=O)n(C)c(=O)n3C)S1. The van der Waals surface area contributed by atoms with Gasteiger partial charge in [-0.15, -0.1) is 0 Å². The predicted octanol–water partition coefficient (Wildman–Crippen LogP) is -0.727. The van der Waals surface area contributed by atoms with Crippen LogP contribution >= 0.6 is 11.8 Å². The van der Waals surface area contributed by atoms with Crippen molar-refractivity contribution in [2.24, 2.45) is 19.8 Å². The Morgan fingerprint density at radius 1 is 1.35 bits per heavy atom. The second-order valence-electron chi connectivity index (χ2n) is 5.04. The van der Waals surface area contributed by atoms with E-state index < -0.39 is 17.2 Å². The summed E-state index contributed by atoms with van der Waals surface area (Å²) >= 11 is 1.04. The number of hydrogen-bond acceptors (Lipinski definition) is 7. The van der Waals surface area contributed by atoms with Gasteiger partial charge in [-0.3, -0.25) is 13.9 Å². The van der Waals surface area contributed by atoms with Crippen LogP contribution < -0.4 is 17.0 Å². The van der Waals surface area contributed by atoms with E-state index in [0.717, 1.165) is 16.3 Å². The van der Waals surface area contributed by atoms with Crippen LogP contribution in [0.5, 0.6) is 0 Å². The molecule has 3 heterocycles. The third kappa shape index (κ3) is 2.17. The fraction of sp³-hybridized carbons (Fsp3) is 0.385. The zero-order valence-electron chi connectivity index (χ0n) is 12.8. The molecular formula is C13H15N5O4S. The molecule has 0 spiro atoms. The van der Waals surface area contributed by atoms with Crippen LogP contribution in [0.4, 0.5) is 0 Å². The van der Waals surface area contributed by atoms with E-state index in [1.54, 1.807) is 11.5 Å². The van der Waals surface area contributed by atoms with Crippen LogP contribution in [-0.4, -0.2) is 31.3 Å². The Balaban J connectivity index is 2.22. The zero-order valence-corrected chi connectivity index (χ0v) is 13.6. The number of nitrogens with zero attached hydrogens (tertiary/aromatic N) is 4. The number of thioether (sulfide) groups is 1. The fourth-order valence-corrected chi connectivity index (χ4v) is 3.34. The summed E-state index contributed by atoms with van der Waals surface area (Å²) < 4.78 is 8.89. The number of ether oxygens (including phenoxy) is 1. The van der Waals surface area contributed by atoms with Crippen LogP contribution in [0, 0.1) is 0 Å². The fourth-order valence-electron chi connectivity index (χ4n) is 2.42. The molecule has 0 atom stereocenters. The summed E-state index contributed by atoms with van der Waals surface area (Å²) in [7, 11) is 2.94. The van der Waals surface area contributed by atoms with Crippen molar-refractivity contribution in [3.63, 3.8) is 0 Å². The molecule has 1 aliphatic rings. The summed E-state index contributed by atoms with van der Waals surface area (Å²) in [6.45, 7) is 2.08. The number of imidazole rings is 1. The van der Waals surface area contributed by atoms with Crippen LogP contribution in [0.15, 0.2) is 25.3 Å². The van der Waals surface area contributed by atoms with E-state index in [1.807, 2.05) is 0 Å². The molecule has 2 N–H and O–H groups in total. The van der Waals surface area contributed by atoms with Crippen LogP contribution in [0.1, 0.15) is 6.92 Å². The van der Waals surface area contributed by atoms with Gasteiger partial charge in [0, 0.05) is 14.1 Å². The molecule has 0 saturated carbocycles. The van der Waals surface area contributed by atoms with Crippen LogP contribution in [-0.2, 0) is 30.2 Å². The lowest BCUT2D eigenvalue weighted by molar-refractivity contribution is -0.137. The topological polar surface area (TPSA) is 114 Å². The molecule has 0 amide bonds. The number of aryl methyl sites for hydroxylation is 1. The molecule has 1 aliphatic heterocycles. The van der Waals surface area contributed by atoms with E-state index in [1.165, 1.54) is 18.7 Å². The Labute approximate surface area is 134 Å². The maximum atomic E-state index is 12.4. The molecule has 0 unspecified atom stereocenters. The zero-order chi connectivity index (χ0) is 16.9. The van der Waals surface area contributed by atoms with Gasteiger partial charge in [-0.05, 0) is 18.7 Å². The van der Waals surface area contributed by atoms with Crippen molar-refractivity contribution in [1.82, 2.24) is 18.7 Å². The molecule has 0 radical (unpaired) electrons. The molecular weight excluding hydrogens is 322 g/mol. The minimum atomic E-state index is -0.518. The smallest absolute Gasteiger partial charge is 0.346 e. The lowest BCUT2D eigenvalue weighted by Gasteiger charge is -2.17. The second kappa shape index (κ2) is 5.30. The number of rotatable bonds is 2. The van der Waals surface area contributed by atoms with Crippen molar-refractivity contribution in [2.45, 2.75) is 18.6 Å². The summed E-state index contributed by atoms with van der Waals surface area (Å²) in [5, 5.41) is 0.426. The van der Waals surface area contributed by atoms with Gasteiger partial charge < -0.3 is 15.0 Å². The van der Waals surface area contributed by atoms with E-state index in [9.17, 15) is 14.4 Å². The van der Waals surface area contributed by atoms with Crippen LogP contribution in [0.3, 0.4) is 0 Å². The third-order valence-corrected chi connectivity index (χ3v) is 4.71. The number of fused-ring (bicyclic) bond motifs is 3. The highest BCUT2D eigenvalue weighted by Gasteiger charge is 2.28. The highest BCUT2D eigenvalue weighted by Crippen LogP contribution is 2.34. The Kier molecular flexibility index (Phi) is 3.55. The van der Waals surface area contributed by atoms with Crippen molar-refractivity contribution in [3.05, 3.63) is 31.4 Å². The number of esters is 1. The molecule has 0 aliphatic carbocycles. The number of hydrogen-bond donors (Lipinski definition) is 1. The molecule has 2 aromatic heterocycles. The predicted molar refractivity (Wildman–Crippen MR) is 83.9 cm³/mol. The molecule has 2 aromatic rings. The molecule has 3 rings (SSSR count). The lowest BCUT2D eigenvalue weighted by Crippen LogP contribution is -2.37. The Morgan fingerprint density at radius 2 is 2.04 bits per heavy atom. The van der Waals surface area contributed by atoms with E-state index >= 15 is 0 Å². The van der Waals surface area contributed by atoms with Gasteiger partial charge in [-0.2, -0.15) is 0 Å². The average molecular weight is 337 g/mol. The molecule has 0 aromatic carbocycles. The molecule has 9 nitrogen and oxygen atoms in total. The maximum absolute atomic E-state index is 12.4. The molecule has 23 heavy (non-hydrogen) atoms. The van der Waals surface area contributed by atoms with Crippen LogP contribution in [0.25, 0.3) is 11.2 Å². The lowest BCUT2D eigenvalue weighted by atomic mass is 10.3. The first-order valence-corrected chi connectivity index (χ1v) is 7.68. The van der Waals surface area contributed by atoms with E-state index in [0.29, 0.717) is 10.9 Å². The Bertz CT molecular complexity index is 981. The Hall–Kier alpha value is -2.49. The van der Waals surface area contributed by atoms with Gasteiger partial charge >= 0.3 is 11.7 Å².